The minimum absolute atomic E-state index is 0.0673. The Morgan fingerprint density at radius 3 is 2.62 bits per heavy atom. The Kier molecular flexibility index (Phi) is 4.28. The summed E-state index contributed by atoms with van der Waals surface area (Å²) in [6.07, 6.45) is 0.763. The number of carbonyl (C=O) groups excluding carboxylic acids is 1. The SMILES string of the molecule is CC(O)C(NC(=O)Cc1cn(C)c2ccccc12)C(=O)O. The number of carboxylic acids is 1. The standard InChI is InChI=1S/C15H18N2O4/c1-9(18)14(15(20)21)16-13(19)7-10-8-17(2)12-6-4-3-5-11(10)12/h3-6,8-9,14,18H,7H2,1-2H3,(H,16,19)(H,20,21). The van der Waals surface area contributed by atoms with Gasteiger partial charge in [-0.15, -0.1) is 0 Å². The number of rotatable bonds is 5. The molecule has 0 aliphatic rings. The Morgan fingerprint density at radius 2 is 2.00 bits per heavy atom. The van der Waals surface area contributed by atoms with Gasteiger partial charge in [0.15, 0.2) is 6.04 Å². The number of benzene rings is 1. The summed E-state index contributed by atoms with van der Waals surface area (Å²) < 4.78 is 1.92. The number of aromatic nitrogens is 1. The molecule has 6 heteroatoms. The largest absolute Gasteiger partial charge is 0.480 e. The molecule has 0 aliphatic carbocycles. The van der Waals surface area contributed by atoms with Gasteiger partial charge in [-0.2, -0.15) is 0 Å². The van der Waals surface area contributed by atoms with Crippen LogP contribution in [0.2, 0.25) is 0 Å². The molecule has 3 N–H and O–H groups in total. The third-order valence-corrected chi connectivity index (χ3v) is 3.40. The van der Waals surface area contributed by atoms with Crippen molar-refractivity contribution in [2.24, 2.45) is 7.05 Å². The van der Waals surface area contributed by atoms with E-state index in [0.717, 1.165) is 16.5 Å². The van der Waals surface area contributed by atoms with Crippen LogP contribution in [0.25, 0.3) is 10.9 Å². The number of hydrogen-bond donors (Lipinski definition) is 3. The van der Waals surface area contributed by atoms with E-state index in [0.29, 0.717) is 0 Å². The van der Waals surface area contributed by atoms with Crippen LogP contribution < -0.4 is 5.32 Å². The lowest BCUT2D eigenvalue weighted by atomic mass is 10.1. The number of nitrogens with one attached hydrogen (secondary N) is 1. The van der Waals surface area contributed by atoms with Gasteiger partial charge in [-0.25, -0.2) is 4.79 Å². The van der Waals surface area contributed by atoms with Crippen LogP contribution in [0.3, 0.4) is 0 Å². The highest BCUT2D eigenvalue weighted by molar-refractivity contribution is 5.91. The Hall–Kier alpha value is -2.34. The third kappa shape index (κ3) is 3.22. The molecule has 21 heavy (non-hydrogen) atoms. The first-order valence-corrected chi connectivity index (χ1v) is 6.63. The van der Waals surface area contributed by atoms with Gasteiger partial charge in [-0.3, -0.25) is 4.79 Å². The van der Waals surface area contributed by atoms with E-state index in [1.807, 2.05) is 42.1 Å². The maximum Gasteiger partial charge on any atom is 0.328 e. The van der Waals surface area contributed by atoms with Gasteiger partial charge in [0.2, 0.25) is 5.91 Å². The Balaban J connectivity index is 2.17. The van der Waals surface area contributed by atoms with Gasteiger partial charge >= 0.3 is 5.97 Å². The normalized spacial score (nSPS) is 13.9. The summed E-state index contributed by atoms with van der Waals surface area (Å²) in [5.74, 6) is -1.68. The zero-order chi connectivity index (χ0) is 15.6. The number of fused-ring (bicyclic) bond motifs is 1. The van der Waals surface area contributed by atoms with Crippen LogP contribution in [-0.4, -0.2) is 38.8 Å². The van der Waals surface area contributed by atoms with E-state index in [1.54, 1.807) is 0 Å². The number of aliphatic hydroxyl groups is 1. The maximum atomic E-state index is 12.0. The van der Waals surface area contributed by atoms with Crippen molar-refractivity contribution < 1.29 is 19.8 Å². The van der Waals surface area contributed by atoms with Crippen molar-refractivity contribution in [2.75, 3.05) is 0 Å². The van der Waals surface area contributed by atoms with E-state index in [9.17, 15) is 14.7 Å². The van der Waals surface area contributed by atoms with Gasteiger partial charge in [0.05, 0.1) is 12.5 Å². The molecule has 1 amide bonds. The smallest absolute Gasteiger partial charge is 0.328 e. The number of carboxylic acid groups (broad SMARTS) is 1. The van der Waals surface area contributed by atoms with E-state index in [2.05, 4.69) is 5.32 Å². The van der Waals surface area contributed by atoms with E-state index in [1.165, 1.54) is 6.92 Å². The summed E-state index contributed by atoms with van der Waals surface area (Å²) in [5.41, 5.74) is 1.82. The highest BCUT2D eigenvalue weighted by atomic mass is 16.4. The molecule has 0 radical (unpaired) electrons. The first-order valence-electron chi connectivity index (χ1n) is 6.63. The average molecular weight is 290 g/mol. The predicted molar refractivity (Wildman–Crippen MR) is 77.9 cm³/mol. The minimum atomic E-state index is -1.30. The van der Waals surface area contributed by atoms with Crippen LogP contribution in [0.5, 0.6) is 0 Å². The van der Waals surface area contributed by atoms with Gasteiger partial charge < -0.3 is 20.1 Å². The zero-order valence-corrected chi connectivity index (χ0v) is 11.9. The van der Waals surface area contributed by atoms with Crippen molar-refractivity contribution in [1.82, 2.24) is 9.88 Å². The predicted octanol–water partition coefficient (Wildman–Crippen LogP) is 0.671. The maximum absolute atomic E-state index is 12.0. The van der Waals surface area contributed by atoms with Crippen molar-refractivity contribution in [3.8, 4) is 0 Å². The van der Waals surface area contributed by atoms with E-state index in [-0.39, 0.29) is 6.42 Å². The van der Waals surface area contributed by atoms with Gasteiger partial charge in [-0.1, -0.05) is 18.2 Å². The molecule has 0 fully saturated rings. The van der Waals surface area contributed by atoms with Crippen LogP contribution >= 0.6 is 0 Å². The number of aliphatic hydroxyl groups excluding tert-OH is 1. The lowest BCUT2D eigenvalue weighted by Gasteiger charge is -2.16. The number of aliphatic carboxylic acids is 1. The number of carbonyl (C=O) groups is 2. The van der Waals surface area contributed by atoms with E-state index >= 15 is 0 Å². The summed E-state index contributed by atoms with van der Waals surface area (Å²) >= 11 is 0. The summed E-state index contributed by atoms with van der Waals surface area (Å²) in [6, 6.07) is 6.38. The topological polar surface area (TPSA) is 91.6 Å². The molecule has 2 unspecified atom stereocenters. The second-order valence-electron chi connectivity index (χ2n) is 5.08. The molecule has 0 bridgehead atoms. The van der Waals surface area contributed by atoms with E-state index in [4.69, 9.17) is 5.11 Å². The lowest BCUT2D eigenvalue weighted by molar-refractivity contribution is -0.144. The minimum Gasteiger partial charge on any atom is -0.480 e. The van der Waals surface area contributed by atoms with E-state index < -0.39 is 24.0 Å². The Labute approximate surface area is 122 Å². The quantitative estimate of drug-likeness (QED) is 0.755. The van der Waals surface area contributed by atoms with Crippen molar-refractivity contribution in [3.63, 3.8) is 0 Å². The van der Waals surface area contributed by atoms with Gasteiger partial charge in [0.25, 0.3) is 0 Å². The number of para-hydroxylation sites is 1. The van der Waals surface area contributed by atoms with Gasteiger partial charge in [0, 0.05) is 24.1 Å². The van der Waals surface area contributed by atoms with Crippen molar-refractivity contribution in [3.05, 3.63) is 36.0 Å². The summed E-state index contributed by atoms with van der Waals surface area (Å²) in [5, 5.41) is 21.6. The van der Waals surface area contributed by atoms with Crippen LogP contribution in [0.4, 0.5) is 0 Å². The van der Waals surface area contributed by atoms with Crippen LogP contribution in [0.1, 0.15) is 12.5 Å². The molecule has 0 aliphatic heterocycles. The number of aryl methyl sites for hydroxylation is 1. The van der Waals surface area contributed by atoms with Crippen molar-refractivity contribution in [1.29, 1.82) is 0 Å². The fourth-order valence-corrected chi connectivity index (χ4v) is 2.35. The molecule has 112 valence electrons. The van der Waals surface area contributed by atoms with Crippen LogP contribution in [0.15, 0.2) is 30.5 Å². The molecule has 2 rings (SSSR count). The molecule has 1 aromatic carbocycles. The summed E-state index contributed by atoms with van der Waals surface area (Å²) in [7, 11) is 1.89. The monoisotopic (exact) mass is 290 g/mol. The molecular weight excluding hydrogens is 272 g/mol. The van der Waals surface area contributed by atoms with Gasteiger partial charge in [0.1, 0.15) is 0 Å². The lowest BCUT2D eigenvalue weighted by Crippen LogP contribution is -2.48. The summed E-state index contributed by atoms with van der Waals surface area (Å²) in [6.45, 7) is 1.33. The summed E-state index contributed by atoms with van der Waals surface area (Å²) in [4.78, 5) is 23.0. The first-order chi connectivity index (χ1) is 9.90. The molecular formula is C15H18N2O4. The molecule has 0 saturated carbocycles. The number of amides is 1. The molecule has 0 spiro atoms. The number of nitrogens with zero attached hydrogens (tertiary/aromatic N) is 1. The number of hydrogen-bond acceptors (Lipinski definition) is 3. The highest BCUT2D eigenvalue weighted by Gasteiger charge is 2.25. The zero-order valence-electron chi connectivity index (χ0n) is 11.9. The molecule has 1 aromatic heterocycles. The van der Waals surface area contributed by atoms with Crippen LogP contribution in [-0.2, 0) is 23.1 Å². The molecule has 2 atom stereocenters. The molecule has 6 nitrogen and oxygen atoms in total. The van der Waals surface area contributed by atoms with Crippen LogP contribution in [0, 0.1) is 0 Å². The fraction of sp³-hybridized carbons (Fsp3) is 0.333. The fourth-order valence-electron chi connectivity index (χ4n) is 2.35. The second-order valence-corrected chi connectivity index (χ2v) is 5.08. The van der Waals surface area contributed by atoms with Gasteiger partial charge in [-0.05, 0) is 18.6 Å². The average Bonchev–Trinajstić information content (AvgIpc) is 2.73. The second kappa shape index (κ2) is 5.97. The Bertz CT molecular complexity index is 675. The third-order valence-electron chi connectivity index (χ3n) is 3.40. The molecule has 2 aromatic rings. The first kappa shape index (κ1) is 15.1. The van der Waals surface area contributed by atoms with Crippen molar-refractivity contribution in [2.45, 2.75) is 25.5 Å². The molecule has 0 saturated heterocycles. The Morgan fingerprint density at radius 1 is 1.33 bits per heavy atom. The van der Waals surface area contributed by atoms with Crippen molar-refractivity contribution >= 4 is 22.8 Å². The highest BCUT2D eigenvalue weighted by Crippen LogP contribution is 2.20. The molecule has 1 heterocycles.